The number of cyclic esters (lactones) is 1. The van der Waals surface area contributed by atoms with E-state index in [0.29, 0.717) is 5.56 Å². The highest BCUT2D eigenvalue weighted by Crippen LogP contribution is 2.39. The van der Waals surface area contributed by atoms with Crippen LogP contribution in [0.25, 0.3) is 0 Å². The second kappa shape index (κ2) is 2.83. The molecule has 0 spiro atoms. The van der Waals surface area contributed by atoms with Crippen molar-refractivity contribution in [3.63, 3.8) is 0 Å². The number of rotatable bonds is 1. The highest BCUT2D eigenvalue weighted by Gasteiger charge is 2.34. The van der Waals surface area contributed by atoms with Crippen LogP contribution in [0.4, 0.5) is 0 Å². The van der Waals surface area contributed by atoms with Crippen LogP contribution in [0.3, 0.4) is 0 Å². The molecule has 0 aliphatic carbocycles. The van der Waals surface area contributed by atoms with Crippen molar-refractivity contribution in [3.8, 4) is 0 Å². The molecular formula is C12H12O3. The largest absolute Gasteiger partial charge is 0.454 e. The minimum absolute atomic E-state index is 0.119. The van der Waals surface area contributed by atoms with E-state index in [-0.39, 0.29) is 18.2 Å². The van der Waals surface area contributed by atoms with Crippen molar-refractivity contribution < 1.29 is 14.3 Å². The first-order chi connectivity index (χ1) is 7.18. The number of epoxide rings is 1. The maximum absolute atomic E-state index is 11.5. The van der Waals surface area contributed by atoms with Crippen LogP contribution in [0.2, 0.25) is 0 Å². The SMILES string of the molecule is Cc1c(C2CO2)ccc2c1C(C)OC2=O. The Labute approximate surface area is 88.0 Å². The third-order valence-electron chi connectivity index (χ3n) is 3.15. The average molecular weight is 204 g/mol. The number of fused-ring (bicyclic) bond motifs is 1. The Morgan fingerprint density at radius 3 is 2.80 bits per heavy atom. The molecule has 3 rings (SSSR count). The first-order valence-electron chi connectivity index (χ1n) is 5.14. The lowest BCUT2D eigenvalue weighted by atomic mass is 9.94. The summed E-state index contributed by atoms with van der Waals surface area (Å²) in [5, 5.41) is 0. The van der Waals surface area contributed by atoms with Crippen LogP contribution in [0.5, 0.6) is 0 Å². The van der Waals surface area contributed by atoms with Crippen LogP contribution >= 0.6 is 0 Å². The van der Waals surface area contributed by atoms with Gasteiger partial charge in [0.1, 0.15) is 12.2 Å². The molecule has 2 unspecified atom stereocenters. The molecule has 3 nitrogen and oxygen atoms in total. The zero-order chi connectivity index (χ0) is 10.6. The Kier molecular flexibility index (Phi) is 1.68. The van der Waals surface area contributed by atoms with Crippen LogP contribution < -0.4 is 0 Å². The van der Waals surface area contributed by atoms with E-state index in [4.69, 9.17) is 9.47 Å². The number of hydrogen-bond acceptors (Lipinski definition) is 3. The zero-order valence-corrected chi connectivity index (χ0v) is 8.74. The Hall–Kier alpha value is -1.35. The molecular weight excluding hydrogens is 192 g/mol. The number of carbonyl (C=O) groups is 1. The summed E-state index contributed by atoms with van der Waals surface area (Å²) in [5.74, 6) is -0.205. The van der Waals surface area contributed by atoms with E-state index in [0.717, 1.165) is 17.7 Å². The van der Waals surface area contributed by atoms with Gasteiger partial charge < -0.3 is 9.47 Å². The van der Waals surface area contributed by atoms with Crippen molar-refractivity contribution in [1.29, 1.82) is 0 Å². The van der Waals surface area contributed by atoms with Crippen molar-refractivity contribution in [2.75, 3.05) is 6.61 Å². The summed E-state index contributed by atoms with van der Waals surface area (Å²) in [7, 11) is 0. The molecule has 15 heavy (non-hydrogen) atoms. The lowest BCUT2D eigenvalue weighted by Gasteiger charge is -2.09. The summed E-state index contributed by atoms with van der Waals surface area (Å²) in [5.41, 5.74) is 4.09. The maximum atomic E-state index is 11.5. The van der Waals surface area contributed by atoms with Crippen molar-refractivity contribution in [2.45, 2.75) is 26.1 Å². The lowest BCUT2D eigenvalue weighted by molar-refractivity contribution is 0.0421. The van der Waals surface area contributed by atoms with Gasteiger partial charge in [0, 0.05) is 5.56 Å². The number of esters is 1. The Bertz CT molecular complexity index is 446. The smallest absolute Gasteiger partial charge is 0.339 e. The Morgan fingerprint density at radius 1 is 1.40 bits per heavy atom. The van der Waals surface area contributed by atoms with Crippen LogP contribution in [0.1, 0.15) is 46.2 Å². The van der Waals surface area contributed by atoms with Crippen LogP contribution in [0, 0.1) is 6.92 Å². The standard InChI is InChI=1S/C12H12O3/c1-6-8(10-5-14-10)3-4-9-11(6)7(2)15-12(9)13/h3-4,7,10H,5H2,1-2H3. The molecule has 1 fully saturated rings. The van der Waals surface area contributed by atoms with Gasteiger partial charge in [-0.2, -0.15) is 0 Å². The molecule has 0 bridgehead atoms. The molecule has 1 saturated heterocycles. The number of ether oxygens (including phenoxy) is 2. The average Bonchev–Trinajstić information content (AvgIpc) is 2.96. The van der Waals surface area contributed by atoms with Gasteiger partial charge in [-0.15, -0.1) is 0 Å². The molecule has 0 radical (unpaired) electrons. The van der Waals surface area contributed by atoms with E-state index in [9.17, 15) is 4.79 Å². The van der Waals surface area contributed by atoms with Gasteiger partial charge in [-0.05, 0) is 31.0 Å². The Balaban J connectivity index is 2.18. The molecule has 2 aliphatic rings. The third-order valence-corrected chi connectivity index (χ3v) is 3.15. The van der Waals surface area contributed by atoms with Crippen LogP contribution in [-0.2, 0) is 9.47 Å². The van der Waals surface area contributed by atoms with Crippen molar-refractivity contribution >= 4 is 5.97 Å². The zero-order valence-electron chi connectivity index (χ0n) is 8.74. The van der Waals surface area contributed by atoms with Crippen molar-refractivity contribution in [1.82, 2.24) is 0 Å². The molecule has 0 amide bonds. The number of carbonyl (C=O) groups excluding carboxylic acids is 1. The summed E-state index contributed by atoms with van der Waals surface area (Å²) in [6.45, 7) is 4.74. The van der Waals surface area contributed by atoms with Gasteiger partial charge in [0.2, 0.25) is 0 Å². The summed E-state index contributed by atoms with van der Waals surface area (Å²) in [4.78, 5) is 11.5. The normalized spacial score (nSPS) is 27.5. The molecule has 1 aromatic carbocycles. The molecule has 2 atom stereocenters. The summed E-state index contributed by atoms with van der Waals surface area (Å²) >= 11 is 0. The van der Waals surface area contributed by atoms with Crippen LogP contribution in [-0.4, -0.2) is 12.6 Å². The topological polar surface area (TPSA) is 38.8 Å². The van der Waals surface area contributed by atoms with Gasteiger partial charge in [-0.1, -0.05) is 6.07 Å². The highest BCUT2D eigenvalue weighted by atomic mass is 16.6. The maximum Gasteiger partial charge on any atom is 0.339 e. The molecule has 3 heteroatoms. The first-order valence-corrected chi connectivity index (χ1v) is 5.14. The van der Waals surface area contributed by atoms with Gasteiger partial charge in [0.05, 0.1) is 12.2 Å². The fourth-order valence-corrected chi connectivity index (χ4v) is 2.31. The second-order valence-corrected chi connectivity index (χ2v) is 4.11. The lowest BCUT2D eigenvalue weighted by Crippen LogP contribution is -1.97. The third kappa shape index (κ3) is 1.20. The quantitative estimate of drug-likeness (QED) is 0.520. The first kappa shape index (κ1) is 8.92. The molecule has 0 saturated carbocycles. The molecule has 2 heterocycles. The molecule has 0 aromatic heterocycles. The van der Waals surface area contributed by atoms with E-state index in [1.165, 1.54) is 5.56 Å². The number of benzene rings is 1. The number of hydrogen-bond donors (Lipinski definition) is 0. The molecule has 2 aliphatic heterocycles. The highest BCUT2D eigenvalue weighted by molar-refractivity contribution is 5.94. The van der Waals surface area contributed by atoms with Gasteiger partial charge in [-0.25, -0.2) is 4.79 Å². The van der Waals surface area contributed by atoms with Gasteiger partial charge >= 0.3 is 5.97 Å². The van der Waals surface area contributed by atoms with Crippen LogP contribution in [0.15, 0.2) is 12.1 Å². The minimum Gasteiger partial charge on any atom is -0.454 e. The van der Waals surface area contributed by atoms with Gasteiger partial charge in [0.25, 0.3) is 0 Å². The van der Waals surface area contributed by atoms with Gasteiger partial charge in [-0.3, -0.25) is 0 Å². The van der Waals surface area contributed by atoms with Crippen molar-refractivity contribution in [3.05, 3.63) is 34.4 Å². The summed E-state index contributed by atoms with van der Waals surface area (Å²) < 4.78 is 10.5. The summed E-state index contributed by atoms with van der Waals surface area (Å²) in [6.07, 6.45) is 0.115. The monoisotopic (exact) mass is 204 g/mol. The fraction of sp³-hybridized carbons (Fsp3) is 0.417. The summed E-state index contributed by atoms with van der Waals surface area (Å²) in [6, 6.07) is 3.83. The van der Waals surface area contributed by atoms with E-state index in [1.54, 1.807) is 0 Å². The van der Waals surface area contributed by atoms with Crippen molar-refractivity contribution in [2.24, 2.45) is 0 Å². The van der Waals surface area contributed by atoms with E-state index < -0.39 is 0 Å². The molecule has 78 valence electrons. The van der Waals surface area contributed by atoms with E-state index >= 15 is 0 Å². The predicted molar refractivity (Wildman–Crippen MR) is 53.7 cm³/mol. The Morgan fingerprint density at radius 2 is 2.13 bits per heavy atom. The predicted octanol–water partition coefficient (Wildman–Crippen LogP) is 2.30. The minimum atomic E-state index is -0.205. The second-order valence-electron chi connectivity index (χ2n) is 4.11. The fourth-order valence-electron chi connectivity index (χ4n) is 2.31. The van der Waals surface area contributed by atoms with E-state index in [2.05, 4.69) is 0 Å². The molecule has 0 N–H and O–H groups in total. The van der Waals surface area contributed by atoms with Gasteiger partial charge in [0.15, 0.2) is 0 Å². The van der Waals surface area contributed by atoms with E-state index in [1.807, 2.05) is 26.0 Å². The molecule has 1 aromatic rings.